The molecule has 0 aromatic heterocycles. The average Bonchev–Trinajstić information content (AvgIpc) is 2.70. The molecule has 31 heavy (non-hydrogen) atoms. The molecule has 1 aliphatic carbocycles. The first kappa shape index (κ1) is 23.2. The van der Waals surface area contributed by atoms with Crippen molar-refractivity contribution >= 4 is 23.4 Å². The Hall–Kier alpha value is -0.990. The highest BCUT2D eigenvalue weighted by molar-refractivity contribution is 6.20. The lowest BCUT2D eigenvalue weighted by Crippen LogP contribution is -2.82. The second kappa shape index (κ2) is 9.10. The van der Waals surface area contributed by atoms with E-state index in [9.17, 15) is 18.4 Å². The Kier molecular flexibility index (Phi) is 6.80. The number of carbonyl (C=O) groups excluding carboxylic acids is 2. The lowest BCUT2D eigenvalue weighted by molar-refractivity contribution is -0.185. The van der Waals surface area contributed by atoms with Crippen molar-refractivity contribution < 1.29 is 18.4 Å². The van der Waals surface area contributed by atoms with Gasteiger partial charge in [-0.05, 0) is 64.8 Å². The number of hydrogen-bond acceptors (Lipinski definition) is 4. The van der Waals surface area contributed by atoms with Crippen molar-refractivity contribution in [1.82, 2.24) is 20.0 Å². The fraction of sp³-hybridized carbons (Fsp3) is 0.909. The molecule has 1 spiro atoms. The Labute approximate surface area is 188 Å². The highest BCUT2D eigenvalue weighted by atomic mass is 35.5. The number of rotatable bonds is 5. The summed E-state index contributed by atoms with van der Waals surface area (Å²) < 4.78 is 26.5. The zero-order valence-electron chi connectivity index (χ0n) is 18.5. The van der Waals surface area contributed by atoms with E-state index in [1.54, 1.807) is 4.90 Å². The van der Waals surface area contributed by atoms with Crippen LogP contribution in [-0.2, 0) is 9.59 Å². The van der Waals surface area contributed by atoms with Crippen LogP contribution in [0.25, 0.3) is 0 Å². The molecule has 3 heterocycles. The van der Waals surface area contributed by atoms with Gasteiger partial charge in [0.25, 0.3) is 12.3 Å². The fourth-order valence-electron chi connectivity index (χ4n) is 5.82. The Morgan fingerprint density at radius 3 is 2.42 bits per heavy atom. The Balaban J connectivity index is 1.50. The summed E-state index contributed by atoms with van der Waals surface area (Å²) in [7, 11) is 0. The minimum Gasteiger partial charge on any atom is -0.329 e. The van der Waals surface area contributed by atoms with Gasteiger partial charge in [0.2, 0.25) is 5.91 Å². The maximum Gasteiger partial charge on any atom is 0.253 e. The van der Waals surface area contributed by atoms with E-state index in [0.29, 0.717) is 38.5 Å². The van der Waals surface area contributed by atoms with Crippen molar-refractivity contribution in [2.45, 2.75) is 87.8 Å². The van der Waals surface area contributed by atoms with Crippen molar-refractivity contribution in [3.05, 3.63) is 0 Å². The normalized spacial score (nSPS) is 34.7. The van der Waals surface area contributed by atoms with Gasteiger partial charge in [-0.3, -0.25) is 14.5 Å². The zero-order valence-corrected chi connectivity index (χ0v) is 19.3. The van der Waals surface area contributed by atoms with Gasteiger partial charge in [0, 0.05) is 37.1 Å². The van der Waals surface area contributed by atoms with E-state index in [2.05, 4.69) is 10.2 Å². The van der Waals surface area contributed by atoms with Crippen LogP contribution in [0, 0.1) is 5.92 Å². The first-order chi connectivity index (χ1) is 14.7. The molecule has 4 rings (SSSR count). The highest BCUT2D eigenvalue weighted by Crippen LogP contribution is 2.39. The number of halogens is 3. The Morgan fingerprint density at radius 1 is 1.13 bits per heavy atom. The summed E-state index contributed by atoms with van der Waals surface area (Å²) in [5.41, 5.74) is -0.845. The van der Waals surface area contributed by atoms with Crippen LogP contribution in [0.3, 0.4) is 0 Å². The summed E-state index contributed by atoms with van der Waals surface area (Å²) in [6.45, 7) is 6.06. The summed E-state index contributed by atoms with van der Waals surface area (Å²) in [5, 5.41) is 3.11. The number of alkyl halides is 3. The van der Waals surface area contributed by atoms with Gasteiger partial charge in [-0.2, -0.15) is 0 Å². The Bertz CT molecular complexity index is 680. The lowest BCUT2D eigenvalue weighted by Gasteiger charge is -2.61. The highest BCUT2D eigenvalue weighted by Gasteiger charge is 2.61. The van der Waals surface area contributed by atoms with Gasteiger partial charge < -0.3 is 15.1 Å². The maximum absolute atomic E-state index is 13.6. The monoisotopic (exact) mass is 460 g/mol. The summed E-state index contributed by atoms with van der Waals surface area (Å²) >= 11 is 6.26. The van der Waals surface area contributed by atoms with Crippen LogP contribution in [-0.4, -0.2) is 94.7 Å². The van der Waals surface area contributed by atoms with E-state index < -0.39 is 18.0 Å². The van der Waals surface area contributed by atoms with E-state index >= 15 is 0 Å². The number of nitrogens with zero attached hydrogens (tertiary/aromatic N) is 3. The molecule has 6 nitrogen and oxygen atoms in total. The van der Waals surface area contributed by atoms with Gasteiger partial charge in [-0.25, -0.2) is 8.78 Å². The molecule has 1 saturated carbocycles. The number of piperazine rings is 1. The van der Waals surface area contributed by atoms with Gasteiger partial charge in [0.1, 0.15) is 12.1 Å². The predicted octanol–water partition coefficient (Wildman–Crippen LogP) is 2.30. The Morgan fingerprint density at radius 2 is 1.81 bits per heavy atom. The van der Waals surface area contributed by atoms with Crippen molar-refractivity contribution in [2.75, 3.05) is 32.7 Å². The summed E-state index contributed by atoms with van der Waals surface area (Å²) in [4.78, 5) is 32.5. The van der Waals surface area contributed by atoms with Gasteiger partial charge >= 0.3 is 0 Å². The van der Waals surface area contributed by atoms with E-state index in [4.69, 9.17) is 11.6 Å². The third kappa shape index (κ3) is 4.44. The molecule has 2 amide bonds. The van der Waals surface area contributed by atoms with Gasteiger partial charge in [-0.15, -0.1) is 11.6 Å². The van der Waals surface area contributed by atoms with Crippen LogP contribution in [0.1, 0.15) is 52.4 Å². The predicted molar refractivity (Wildman–Crippen MR) is 115 cm³/mol. The molecule has 1 N–H and O–H groups in total. The third-order valence-corrected chi connectivity index (χ3v) is 8.22. The second-order valence-electron chi connectivity index (χ2n) is 10.2. The molecule has 0 aromatic rings. The van der Waals surface area contributed by atoms with Crippen LogP contribution in [0.2, 0.25) is 0 Å². The third-order valence-electron chi connectivity index (χ3n) is 7.78. The lowest BCUT2D eigenvalue weighted by atomic mass is 9.79. The zero-order chi connectivity index (χ0) is 22.3. The number of carbonyl (C=O) groups is 2. The van der Waals surface area contributed by atoms with Gasteiger partial charge in [0.05, 0.1) is 6.04 Å². The number of nitrogens with one attached hydrogen (secondary N) is 1. The first-order valence-electron chi connectivity index (χ1n) is 11.7. The van der Waals surface area contributed by atoms with E-state index in [1.165, 1.54) is 0 Å². The molecule has 2 atom stereocenters. The van der Waals surface area contributed by atoms with Crippen LogP contribution in [0.5, 0.6) is 0 Å². The largest absolute Gasteiger partial charge is 0.329 e. The number of piperidine rings is 1. The average molecular weight is 461 g/mol. The molecule has 176 valence electrons. The molecule has 3 saturated heterocycles. The molecule has 0 aromatic carbocycles. The van der Waals surface area contributed by atoms with Crippen LogP contribution >= 0.6 is 11.6 Å². The van der Waals surface area contributed by atoms with Gasteiger partial charge in [-0.1, -0.05) is 0 Å². The second-order valence-corrected chi connectivity index (χ2v) is 10.8. The van der Waals surface area contributed by atoms with Crippen molar-refractivity contribution in [1.29, 1.82) is 0 Å². The smallest absolute Gasteiger partial charge is 0.253 e. The van der Waals surface area contributed by atoms with Crippen LogP contribution in [0.4, 0.5) is 8.78 Å². The number of likely N-dealkylation sites (tertiary alicyclic amines) is 1. The van der Waals surface area contributed by atoms with E-state index in [1.807, 2.05) is 18.7 Å². The van der Waals surface area contributed by atoms with Gasteiger partial charge in [0.15, 0.2) is 0 Å². The molecule has 9 heteroatoms. The maximum atomic E-state index is 13.6. The molecule has 0 bridgehead atoms. The van der Waals surface area contributed by atoms with Crippen molar-refractivity contribution in [3.63, 3.8) is 0 Å². The summed E-state index contributed by atoms with van der Waals surface area (Å²) in [5.74, 6) is 0.394. The topological polar surface area (TPSA) is 55.9 Å². The molecular formula is C22H35ClF2N4O2. The van der Waals surface area contributed by atoms with Crippen molar-refractivity contribution in [2.24, 2.45) is 5.92 Å². The minimum absolute atomic E-state index is 0.0108. The molecule has 3 aliphatic heterocycles. The van der Waals surface area contributed by atoms with E-state index in [-0.39, 0.29) is 35.8 Å². The quantitative estimate of drug-likeness (QED) is 0.640. The summed E-state index contributed by atoms with van der Waals surface area (Å²) in [6, 6.07) is -0.817. The van der Waals surface area contributed by atoms with E-state index in [0.717, 1.165) is 32.1 Å². The summed E-state index contributed by atoms with van der Waals surface area (Å²) in [6.07, 6.45) is 2.63. The standard InChI is InChI=1S/C22H35ClF2N4O2/c1-14(2)28-11-19(30)29(10-15-3-5-16(23)6-4-15)22(21(28)31)12-27(13-22)17-7-8-26-18(9-17)20(24)25/h14-18,20,26H,3-13H2,1-2H3. The van der Waals surface area contributed by atoms with Crippen LogP contribution in [0.15, 0.2) is 0 Å². The first-order valence-corrected chi connectivity index (χ1v) is 12.2. The minimum atomic E-state index is -2.39. The molecule has 0 radical (unpaired) electrons. The SMILES string of the molecule is CC(C)N1CC(=O)N(CC2CCC(Cl)CC2)C2(CN(C3CCNC(C(F)F)C3)C2)C1=O. The fourth-order valence-corrected chi connectivity index (χ4v) is 6.08. The van der Waals surface area contributed by atoms with Crippen molar-refractivity contribution in [3.8, 4) is 0 Å². The molecule has 2 unspecified atom stereocenters. The number of amides is 2. The molecular weight excluding hydrogens is 426 g/mol. The number of hydrogen-bond donors (Lipinski definition) is 1. The van der Waals surface area contributed by atoms with Crippen LogP contribution < -0.4 is 5.32 Å². The molecule has 4 fully saturated rings. The molecule has 4 aliphatic rings.